The van der Waals surface area contributed by atoms with E-state index in [-0.39, 0.29) is 0 Å². The summed E-state index contributed by atoms with van der Waals surface area (Å²) >= 11 is 0. The van der Waals surface area contributed by atoms with E-state index in [2.05, 4.69) is 12.2 Å². The second-order valence-electron chi connectivity index (χ2n) is 6.33. The fraction of sp³-hybridized carbons (Fsp3) is 1.00. The van der Waals surface area contributed by atoms with Crippen molar-refractivity contribution in [3.05, 3.63) is 0 Å². The fourth-order valence-corrected chi connectivity index (χ4v) is 3.15. The van der Waals surface area contributed by atoms with Crippen LogP contribution in [-0.2, 0) is 4.74 Å². The van der Waals surface area contributed by atoms with Gasteiger partial charge in [0.2, 0.25) is 0 Å². The SMILES string of the molecule is CCCC1CCCC(NCCOCC2CC2)CC1. The van der Waals surface area contributed by atoms with Gasteiger partial charge in [0.05, 0.1) is 6.61 Å². The van der Waals surface area contributed by atoms with Gasteiger partial charge in [-0.15, -0.1) is 0 Å². The van der Waals surface area contributed by atoms with Crippen LogP contribution in [0.2, 0.25) is 0 Å². The Hall–Kier alpha value is -0.0800. The maximum atomic E-state index is 5.68. The van der Waals surface area contributed by atoms with Crippen molar-refractivity contribution in [2.75, 3.05) is 19.8 Å². The van der Waals surface area contributed by atoms with E-state index in [1.165, 1.54) is 57.8 Å². The van der Waals surface area contributed by atoms with Gasteiger partial charge < -0.3 is 10.1 Å². The maximum absolute atomic E-state index is 5.68. The molecule has 0 aromatic carbocycles. The van der Waals surface area contributed by atoms with Crippen molar-refractivity contribution in [3.63, 3.8) is 0 Å². The molecule has 0 aromatic rings. The third-order valence-electron chi connectivity index (χ3n) is 4.52. The number of ether oxygens (including phenoxy) is 1. The molecule has 106 valence electrons. The lowest BCUT2D eigenvalue weighted by atomic mass is 9.95. The molecule has 0 saturated heterocycles. The van der Waals surface area contributed by atoms with E-state index in [9.17, 15) is 0 Å². The Balaban J connectivity index is 1.49. The summed E-state index contributed by atoms with van der Waals surface area (Å²) < 4.78 is 5.68. The van der Waals surface area contributed by atoms with E-state index < -0.39 is 0 Å². The van der Waals surface area contributed by atoms with E-state index in [1.54, 1.807) is 0 Å². The molecule has 2 heteroatoms. The quantitative estimate of drug-likeness (QED) is 0.525. The van der Waals surface area contributed by atoms with Crippen molar-refractivity contribution >= 4 is 0 Å². The van der Waals surface area contributed by atoms with Crippen molar-refractivity contribution in [1.82, 2.24) is 5.32 Å². The van der Waals surface area contributed by atoms with Crippen molar-refractivity contribution in [2.24, 2.45) is 11.8 Å². The highest BCUT2D eigenvalue weighted by atomic mass is 16.5. The summed E-state index contributed by atoms with van der Waals surface area (Å²) in [4.78, 5) is 0. The molecule has 2 fully saturated rings. The molecule has 0 radical (unpaired) electrons. The van der Waals surface area contributed by atoms with E-state index in [4.69, 9.17) is 4.74 Å². The first-order chi connectivity index (χ1) is 8.88. The van der Waals surface area contributed by atoms with E-state index >= 15 is 0 Å². The number of hydrogen-bond donors (Lipinski definition) is 1. The Labute approximate surface area is 113 Å². The highest BCUT2D eigenvalue weighted by Gasteiger charge is 2.21. The Morgan fingerprint density at radius 2 is 1.83 bits per heavy atom. The molecule has 2 atom stereocenters. The van der Waals surface area contributed by atoms with Crippen LogP contribution in [0.1, 0.15) is 64.7 Å². The minimum Gasteiger partial charge on any atom is -0.380 e. The monoisotopic (exact) mass is 253 g/mol. The fourth-order valence-electron chi connectivity index (χ4n) is 3.15. The van der Waals surface area contributed by atoms with Crippen molar-refractivity contribution in [1.29, 1.82) is 0 Å². The van der Waals surface area contributed by atoms with E-state index in [0.29, 0.717) is 0 Å². The van der Waals surface area contributed by atoms with Gasteiger partial charge in [-0.3, -0.25) is 0 Å². The number of rotatable bonds is 8. The zero-order valence-corrected chi connectivity index (χ0v) is 12.1. The molecule has 18 heavy (non-hydrogen) atoms. The summed E-state index contributed by atoms with van der Waals surface area (Å²) in [6, 6.07) is 0.761. The van der Waals surface area contributed by atoms with Crippen LogP contribution in [0.25, 0.3) is 0 Å². The molecule has 2 aliphatic carbocycles. The standard InChI is InChI=1S/C16H31NO/c1-2-4-14-5-3-6-16(10-9-14)17-11-12-18-13-15-7-8-15/h14-17H,2-13H2,1H3. The molecule has 0 spiro atoms. The van der Waals surface area contributed by atoms with Crippen molar-refractivity contribution in [3.8, 4) is 0 Å². The van der Waals surface area contributed by atoms with Gasteiger partial charge in [-0.05, 0) is 43.9 Å². The zero-order chi connectivity index (χ0) is 12.6. The van der Waals surface area contributed by atoms with Crippen LogP contribution < -0.4 is 5.32 Å². The van der Waals surface area contributed by atoms with Crippen LogP contribution in [0.15, 0.2) is 0 Å². The second kappa shape index (κ2) is 8.16. The van der Waals surface area contributed by atoms with E-state index in [0.717, 1.165) is 37.6 Å². The molecule has 1 N–H and O–H groups in total. The third-order valence-corrected chi connectivity index (χ3v) is 4.52. The highest BCUT2D eigenvalue weighted by Crippen LogP contribution is 2.28. The van der Waals surface area contributed by atoms with Gasteiger partial charge in [0.1, 0.15) is 0 Å². The summed E-state index contributed by atoms with van der Waals surface area (Å²) in [5.74, 6) is 1.91. The Bertz CT molecular complexity index is 215. The summed E-state index contributed by atoms with van der Waals surface area (Å²) in [6.45, 7) is 5.28. The minimum atomic E-state index is 0.761. The number of hydrogen-bond acceptors (Lipinski definition) is 2. The average Bonchev–Trinajstić information content (AvgIpc) is 3.18. The summed E-state index contributed by atoms with van der Waals surface area (Å²) in [5, 5.41) is 3.69. The van der Waals surface area contributed by atoms with E-state index in [1.807, 2.05) is 0 Å². The topological polar surface area (TPSA) is 21.3 Å². The van der Waals surface area contributed by atoms with Gasteiger partial charge in [-0.25, -0.2) is 0 Å². The predicted octanol–water partition coefficient (Wildman–Crippen LogP) is 3.75. The van der Waals surface area contributed by atoms with Gasteiger partial charge in [-0.2, -0.15) is 0 Å². The molecule has 0 aliphatic heterocycles. The number of nitrogens with one attached hydrogen (secondary N) is 1. The van der Waals surface area contributed by atoms with Crippen molar-refractivity contribution < 1.29 is 4.74 Å². The Morgan fingerprint density at radius 3 is 2.61 bits per heavy atom. The van der Waals surface area contributed by atoms with Gasteiger partial charge in [0, 0.05) is 19.2 Å². The van der Waals surface area contributed by atoms with Crippen molar-refractivity contribution in [2.45, 2.75) is 70.8 Å². The molecular formula is C16H31NO. The molecule has 2 saturated carbocycles. The lowest BCUT2D eigenvalue weighted by molar-refractivity contribution is 0.123. The summed E-state index contributed by atoms with van der Waals surface area (Å²) in [7, 11) is 0. The Kier molecular flexibility index (Phi) is 6.50. The van der Waals surface area contributed by atoms with Gasteiger partial charge in [0.15, 0.2) is 0 Å². The van der Waals surface area contributed by atoms with Crippen LogP contribution in [0.4, 0.5) is 0 Å². The third kappa shape index (κ3) is 5.71. The van der Waals surface area contributed by atoms with Crippen LogP contribution in [0, 0.1) is 11.8 Å². The van der Waals surface area contributed by atoms with Crippen LogP contribution in [-0.4, -0.2) is 25.8 Å². The first-order valence-electron chi connectivity index (χ1n) is 8.19. The molecule has 2 aliphatic rings. The minimum absolute atomic E-state index is 0.761. The molecule has 2 rings (SSSR count). The predicted molar refractivity (Wildman–Crippen MR) is 76.8 cm³/mol. The van der Waals surface area contributed by atoms with Crippen LogP contribution in [0.3, 0.4) is 0 Å². The van der Waals surface area contributed by atoms with Crippen LogP contribution >= 0.6 is 0 Å². The smallest absolute Gasteiger partial charge is 0.0591 e. The Morgan fingerprint density at radius 1 is 1.00 bits per heavy atom. The van der Waals surface area contributed by atoms with Crippen LogP contribution in [0.5, 0.6) is 0 Å². The van der Waals surface area contributed by atoms with Gasteiger partial charge in [0.25, 0.3) is 0 Å². The molecule has 0 bridgehead atoms. The molecule has 0 amide bonds. The normalized spacial score (nSPS) is 29.2. The molecular weight excluding hydrogens is 222 g/mol. The first-order valence-corrected chi connectivity index (χ1v) is 8.19. The van der Waals surface area contributed by atoms with Gasteiger partial charge >= 0.3 is 0 Å². The lowest BCUT2D eigenvalue weighted by Gasteiger charge is -2.16. The van der Waals surface area contributed by atoms with Gasteiger partial charge in [-0.1, -0.05) is 32.6 Å². The molecule has 2 nitrogen and oxygen atoms in total. The molecule has 0 heterocycles. The maximum Gasteiger partial charge on any atom is 0.0591 e. The summed E-state index contributed by atoms with van der Waals surface area (Å²) in [5.41, 5.74) is 0. The average molecular weight is 253 g/mol. The first kappa shape index (κ1) is 14.3. The lowest BCUT2D eigenvalue weighted by Crippen LogP contribution is -2.31. The second-order valence-corrected chi connectivity index (χ2v) is 6.33. The largest absolute Gasteiger partial charge is 0.380 e. The molecule has 0 aromatic heterocycles. The zero-order valence-electron chi connectivity index (χ0n) is 12.1. The summed E-state index contributed by atoms with van der Waals surface area (Å²) in [6.07, 6.45) is 12.7. The molecule has 2 unspecified atom stereocenters. The highest BCUT2D eigenvalue weighted by molar-refractivity contribution is 4.75.